The van der Waals surface area contributed by atoms with Crippen LogP contribution in [0, 0.1) is 5.92 Å². The van der Waals surface area contributed by atoms with E-state index in [2.05, 4.69) is 10.0 Å². The zero-order chi connectivity index (χ0) is 19.9. The van der Waals surface area contributed by atoms with Crippen LogP contribution in [-0.2, 0) is 14.8 Å². The van der Waals surface area contributed by atoms with Crippen LogP contribution in [0.1, 0.15) is 36.5 Å². The molecule has 28 heavy (non-hydrogen) atoms. The van der Waals surface area contributed by atoms with E-state index in [0.717, 1.165) is 12.8 Å². The molecule has 1 aliphatic rings. The van der Waals surface area contributed by atoms with E-state index in [1.165, 1.54) is 0 Å². The molecule has 1 saturated heterocycles. The van der Waals surface area contributed by atoms with Crippen molar-refractivity contribution in [2.45, 2.75) is 26.2 Å². The normalized spacial score (nSPS) is 16.8. The number of likely N-dealkylation sites (tertiary alicyclic amines) is 1. The maximum atomic E-state index is 12.7. The summed E-state index contributed by atoms with van der Waals surface area (Å²) in [6.45, 7) is 3.59. The number of nitrogens with one attached hydrogen (secondary N) is 2. The summed E-state index contributed by atoms with van der Waals surface area (Å²) in [5, 5.41) is 2.77. The van der Waals surface area contributed by atoms with Crippen molar-refractivity contribution in [1.29, 1.82) is 0 Å². The van der Waals surface area contributed by atoms with Crippen LogP contribution >= 0.6 is 12.4 Å². The number of rotatable bonds is 8. The summed E-state index contributed by atoms with van der Waals surface area (Å²) >= 11 is 0. The third kappa shape index (κ3) is 6.96. The van der Waals surface area contributed by atoms with Crippen molar-refractivity contribution >= 4 is 39.9 Å². The first-order valence-corrected chi connectivity index (χ1v) is 10.9. The average molecular weight is 433 g/mol. The molecule has 0 spiro atoms. The second-order valence-corrected chi connectivity index (χ2v) is 8.51. The molecule has 158 valence electrons. The molecule has 4 N–H and O–H groups in total. The molecule has 2 amide bonds. The van der Waals surface area contributed by atoms with Gasteiger partial charge in [-0.1, -0.05) is 6.92 Å². The van der Waals surface area contributed by atoms with Gasteiger partial charge in [0, 0.05) is 37.4 Å². The molecule has 10 heteroatoms. The first-order chi connectivity index (χ1) is 12.9. The molecule has 1 unspecified atom stereocenters. The van der Waals surface area contributed by atoms with E-state index in [1.807, 2.05) is 0 Å². The highest BCUT2D eigenvalue weighted by molar-refractivity contribution is 7.92. The Morgan fingerprint density at radius 3 is 2.54 bits per heavy atom. The smallest absolute Gasteiger partial charge is 0.253 e. The summed E-state index contributed by atoms with van der Waals surface area (Å²) in [7, 11) is -3.36. The Labute approximate surface area is 172 Å². The Morgan fingerprint density at radius 1 is 1.25 bits per heavy atom. The van der Waals surface area contributed by atoms with E-state index in [-0.39, 0.29) is 35.9 Å². The van der Waals surface area contributed by atoms with Crippen LogP contribution in [0.25, 0.3) is 0 Å². The van der Waals surface area contributed by atoms with Gasteiger partial charge in [0.25, 0.3) is 5.91 Å². The Kier molecular flexibility index (Phi) is 9.71. The minimum absolute atomic E-state index is 0. The van der Waals surface area contributed by atoms with Gasteiger partial charge in [0.2, 0.25) is 15.9 Å². The number of hydrogen-bond donors (Lipinski definition) is 3. The topological polar surface area (TPSA) is 122 Å². The van der Waals surface area contributed by atoms with E-state index in [4.69, 9.17) is 5.73 Å². The molecule has 0 saturated carbocycles. The highest BCUT2D eigenvalue weighted by atomic mass is 35.5. The average Bonchev–Trinajstić information content (AvgIpc) is 2.65. The molecule has 1 fully saturated rings. The van der Waals surface area contributed by atoms with E-state index in [0.29, 0.717) is 43.9 Å². The van der Waals surface area contributed by atoms with Crippen molar-refractivity contribution in [3.8, 4) is 0 Å². The van der Waals surface area contributed by atoms with Crippen LogP contribution < -0.4 is 15.8 Å². The first-order valence-electron chi connectivity index (χ1n) is 9.24. The molecular weight excluding hydrogens is 404 g/mol. The molecule has 1 heterocycles. The number of nitrogens with zero attached hydrogens (tertiary/aromatic N) is 1. The van der Waals surface area contributed by atoms with Gasteiger partial charge in [-0.2, -0.15) is 0 Å². The number of hydrogen-bond acceptors (Lipinski definition) is 5. The number of halogens is 1. The van der Waals surface area contributed by atoms with Gasteiger partial charge in [0.1, 0.15) is 0 Å². The lowest BCUT2D eigenvalue weighted by molar-refractivity contribution is -0.126. The summed E-state index contributed by atoms with van der Waals surface area (Å²) in [6, 6.07) is 6.36. The predicted molar refractivity (Wildman–Crippen MR) is 112 cm³/mol. The second kappa shape index (κ2) is 11.2. The number of piperidine rings is 1. The highest BCUT2D eigenvalue weighted by Gasteiger charge is 2.28. The van der Waals surface area contributed by atoms with E-state index < -0.39 is 10.0 Å². The maximum absolute atomic E-state index is 12.7. The lowest BCUT2D eigenvalue weighted by Crippen LogP contribution is -2.46. The molecular formula is C18H29ClN4O4S. The fourth-order valence-electron chi connectivity index (χ4n) is 3.08. The maximum Gasteiger partial charge on any atom is 0.253 e. The fraction of sp³-hybridized carbons (Fsp3) is 0.556. The summed E-state index contributed by atoms with van der Waals surface area (Å²) in [5.41, 5.74) is 6.30. The van der Waals surface area contributed by atoms with Gasteiger partial charge >= 0.3 is 0 Å². The monoisotopic (exact) mass is 432 g/mol. The van der Waals surface area contributed by atoms with E-state index in [1.54, 1.807) is 36.1 Å². The Hall–Kier alpha value is -1.84. The molecule has 1 aliphatic heterocycles. The van der Waals surface area contributed by atoms with Crippen molar-refractivity contribution in [3.05, 3.63) is 29.8 Å². The van der Waals surface area contributed by atoms with Gasteiger partial charge in [-0.3, -0.25) is 14.3 Å². The number of anilines is 1. The van der Waals surface area contributed by atoms with Crippen LogP contribution in [0.5, 0.6) is 0 Å². The Bertz CT molecular complexity index is 755. The second-order valence-electron chi connectivity index (χ2n) is 6.67. The number of nitrogens with two attached hydrogens (primary N) is 1. The molecule has 0 aliphatic carbocycles. The molecule has 1 aromatic rings. The van der Waals surface area contributed by atoms with E-state index >= 15 is 0 Å². The summed E-state index contributed by atoms with van der Waals surface area (Å²) in [6.07, 6.45) is 2.04. The number of carbonyl (C=O) groups is 2. The van der Waals surface area contributed by atoms with Crippen LogP contribution in [0.3, 0.4) is 0 Å². The van der Waals surface area contributed by atoms with Crippen molar-refractivity contribution < 1.29 is 18.0 Å². The number of amides is 2. The quantitative estimate of drug-likeness (QED) is 0.569. The van der Waals surface area contributed by atoms with Crippen LogP contribution in [0.15, 0.2) is 24.3 Å². The van der Waals surface area contributed by atoms with E-state index in [9.17, 15) is 18.0 Å². The van der Waals surface area contributed by atoms with Gasteiger partial charge in [-0.05, 0) is 43.5 Å². The molecule has 0 radical (unpaired) electrons. The SMILES string of the molecule is CCCS(=O)(=O)Nc1ccc(C(=O)N2CCCC(C(=O)NCCN)C2)cc1.Cl. The molecule has 8 nitrogen and oxygen atoms in total. The van der Waals surface area contributed by atoms with Gasteiger partial charge in [-0.25, -0.2) is 8.42 Å². The minimum Gasteiger partial charge on any atom is -0.355 e. The van der Waals surface area contributed by atoms with Gasteiger partial charge < -0.3 is 16.0 Å². The highest BCUT2D eigenvalue weighted by Crippen LogP contribution is 2.20. The molecule has 2 rings (SSSR count). The molecule has 0 bridgehead atoms. The summed E-state index contributed by atoms with van der Waals surface area (Å²) in [5.74, 6) is -0.406. The first kappa shape index (κ1) is 24.2. The summed E-state index contributed by atoms with van der Waals surface area (Å²) in [4.78, 5) is 26.5. The van der Waals surface area contributed by atoms with Crippen LogP contribution in [0.4, 0.5) is 5.69 Å². The number of sulfonamides is 1. The van der Waals surface area contributed by atoms with Crippen molar-refractivity contribution in [3.63, 3.8) is 0 Å². The largest absolute Gasteiger partial charge is 0.355 e. The standard InChI is InChI=1S/C18H28N4O4S.ClH/c1-2-12-27(25,26)21-16-7-5-14(6-8-16)18(24)22-11-3-4-15(13-22)17(23)20-10-9-19;/h5-8,15,21H,2-4,9-13,19H2,1H3,(H,20,23);1H. The Morgan fingerprint density at radius 2 is 1.93 bits per heavy atom. The molecule has 1 aromatic carbocycles. The third-order valence-electron chi connectivity index (χ3n) is 4.40. The fourth-order valence-corrected chi connectivity index (χ4v) is 4.21. The summed E-state index contributed by atoms with van der Waals surface area (Å²) < 4.78 is 26.1. The third-order valence-corrected chi connectivity index (χ3v) is 5.89. The number of carbonyl (C=O) groups excluding carboxylic acids is 2. The van der Waals surface area contributed by atoms with Gasteiger partial charge in [-0.15, -0.1) is 12.4 Å². The minimum atomic E-state index is -3.36. The van der Waals surface area contributed by atoms with Crippen LogP contribution in [0.2, 0.25) is 0 Å². The molecule has 0 aromatic heterocycles. The molecule has 1 atom stereocenters. The number of benzene rings is 1. The van der Waals surface area contributed by atoms with Crippen molar-refractivity contribution in [1.82, 2.24) is 10.2 Å². The Balaban J connectivity index is 0.00000392. The van der Waals surface area contributed by atoms with Gasteiger partial charge in [0.05, 0.1) is 11.7 Å². The van der Waals surface area contributed by atoms with Crippen molar-refractivity contribution in [2.75, 3.05) is 36.7 Å². The zero-order valence-electron chi connectivity index (χ0n) is 16.0. The predicted octanol–water partition coefficient (Wildman–Crippen LogP) is 1.19. The van der Waals surface area contributed by atoms with Gasteiger partial charge in [0.15, 0.2) is 0 Å². The van der Waals surface area contributed by atoms with Crippen LogP contribution in [-0.4, -0.2) is 57.1 Å². The van der Waals surface area contributed by atoms with Crippen molar-refractivity contribution in [2.24, 2.45) is 11.7 Å². The lowest BCUT2D eigenvalue weighted by Gasteiger charge is -2.32. The zero-order valence-corrected chi connectivity index (χ0v) is 17.7. The lowest BCUT2D eigenvalue weighted by atomic mass is 9.96.